The molecule has 3 N–H and O–H groups in total. The fraction of sp³-hybridized carbons (Fsp3) is 0.512. The van der Waals surface area contributed by atoms with E-state index in [0.29, 0.717) is 24.2 Å². The Morgan fingerprint density at radius 3 is 2.30 bits per heavy atom. The molecule has 4 aromatic rings. The summed E-state index contributed by atoms with van der Waals surface area (Å²) in [4.78, 5) is 26.5. The molecule has 2 saturated carbocycles. The van der Waals surface area contributed by atoms with Gasteiger partial charge >= 0.3 is 5.97 Å². The van der Waals surface area contributed by atoms with Crippen LogP contribution in [0, 0.1) is 24.7 Å². The number of carbonyl (C=O) groups is 1. The molecule has 8 rings (SSSR count). The SMILES string of the molecule is Cc1c(/C=C(\F)c2nc3c(n2C)CCN(C(C)C)C3)cccc1-c1cccc(NC(O)c2nc3c(n2C)CCN(CC24CCC(C(=O)O)(CC2)C4)C3)c1C. The number of anilines is 1. The number of carboxylic acid groups (broad SMARTS) is 1. The van der Waals surface area contributed by atoms with Gasteiger partial charge in [-0.15, -0.1) is 0 Å². The van der Waals surface area contributed by atoms with E-state index >= 15 is 4.39 Å². The first-order chi connectivity index (χ1) is 25.8. The number of aliphatic carboxylic acids is 1. The first-order valence-corrected chi connectivity index (χ1v) is 19.6. The summed E-state index contributed by atoms with van der Waals surface area (Å²) in [5, 5.41) is 24.8. The predicted octanol–water partition coefficient (Wildman–Crippen LogP) is 7.17. The highest BCUT2D eigenvalue weighted by Crippen LogP contribution is 2.62. The number of nitrogens with zero attached hydrogens (tertiary/aromatic N) is 6. The average Bonchev–Trinajstić information content (AvgIpc) is 3.90. The van der Waals surface area contributed by atoms with Crippen molar-refractivity contribution < 1.29 is 19.4 Å². The quantitative estimate of drug-likeness (QED) is 0.147. The van der Waals surface area contributed by atoms with Crippen LogP contribution in [0.2, 0.25) is 0 Å². The number of hydrogen-bond donors (Lipinski definition) is 3. The van der Waals surface area contributed by atoms with Crippen LogP contribution in [0.3, 0.4) is 0 Å². The lowest BCUT2D eigenvalue weighted by Gasteiger charge is -2.35. The largest absolute Gasteiger partial charge is 0.481 e. The zero-order valence-corrected chi connectivity index (χ0v) is 32.5. The number of hydrogen-bond acceptors (Lipinski definition) is 7. The van der Waals surface area contributed by atoms with Crippen LogP contribution in [0.1, 0.15) is 103 Å². The van der Waals surface area contributed by atoms with Gasteiger partial charge in [-0.3, -0.25) is 14.6 Å². The molecule has 0 spiro atoms. The van der Waals surface area contributed by atoms with Crippen LogP contribution in [0.5, 0.6) is 0 Å². The molecule has 0 saturated heterocycles. The molecule has 4 heterocycles. The number of fused-ring (bicyclic) bond motifs is 4. The highest BCUT2D eigenvalue weighted by molar-refractivity contribution is 5.82. The maximum absolute atomic E-state index is 16.0. The molecule has 4 aliphatic rings. The minimum atomic E-state index is -1.02. The van der Waals surface area contributed by atoms with Crippen molar-refractivity contribution in [2.45, 2.75) is 98.0 Å². The molecule has 286 valence electrons. The van der Waals surface area contributed by atoms with Gasteiger partial charge in [-0.1, -0.05) is 30.3 Å². The van der Waals surface area contributed by atoms with Crippen LogP contribution in [0.4, 0.5) is 10.1 Å². The van der Waals surface area contributed by atoms with Gasteiger partial charge in [0, 0.05) is 82.8 Å². The molecule has 11 heteroatoms. The van der Waals surface area contributed by atoms with E-state index in [2.05, 4.69) is 41.1 Å². The van der Waals surface area contributed by atoms with Gasteiger partial charge in [0.05, 0.1) is 16.8 Å². The number of benzene rings is 2. The summed E-state index contributed by atoms with van der Waals surface area (Å²) in [6, 6.07) is 12.4. The van der Waals surface area contributed by atoms with Crippen molar-refractivity contribution in [1.82, 2.24) is 28.9 Å². The second-order valence-electron chi connectivity index (χ2n) is 16.9. The lowest BCUT2D eigenvalue weighted by Crippen LogP contribution is -2.39. The average molecular weight is 736 g/mol. The number of nitrogens with one attached hydrogen (secondary N) is 1. The summed E-state index contributed by atoms with van der Waals surface area (Å²) < 4.78 is 19.9. The number of rotatable bonds is 10. The number of aliphatic hydroxyl groups excluding tert-OH is 1. The van der Waals surface area contributed by atoms with Gasteiger partial charge in [-0.05, 0) is 105 Å². The molecule has 0 radical (unpaired) electrons. The summed E-state index contributed by atoms with van der Waals surface area (Å²) in [6.07, 6.45) is 6.61. The highest BCUT2D eigenvalue weighted by Gasteiger charge is 2.58. The number of aromatic nitrogens is 4. The van der Waals surface area contributed by atoms with Crippen LogP contribution in [-0.2, 0) is 44.8 Å². The number of aliphatic hydroxyl groups is 1. The smallest absolute Gasteiger partial charge is 0.309 e. The Hall–Kier alpha value is -4.32. The molecular weight excluding hydrogens is 682 g/mol. The third kappa shape index (κ3) is 6.27. The number of halogens is 1. The first-order valence-electron chi connectivity index (χ1n) is 19.6. The van der Waals surface area contributed by atoms with Crippen LogP contribution >= 0.6 is 0 Å². The zero-order chi connectivity index (χ0) is 38.1. The van der Waals surface area contributed by atoms with E-state index in [-0.39, 0.29) is 11.2 Å². The maximum Gasteiger partial charge on any atom is 0.309 e. The van der Waals surface area contributed by atoms with Gasteiger partial charge in [-0.2, -0.15) is 0 Å². The summed E-state index contributed by atoms with van der Waals surface area (Å²) in [7, 11) is 3.88. The third-order valence-corrected chi connectivity index (χ3v) is 13.4. The lowest BCUT2D eigenvalue weighted by molar-refractivity contribution is -0.148. The Morgan fingerprint density at radius 1 is 0.926 bits per heavy atom. The van der Waals surface area contributed by atoms with Crippen molar-refractivity contribution in [1.29, 1.82) is 0 Å². The molecule has 1 atom stereocenters. The number of imidazole rings is 2. The molecule has 2 aliphatic carbocycles. The second-order valence-corrected chi connectivity index (χ2v) is 16.9. The topological polar surface area (TPSA) is 112 Å². The van der Waals surface area contributed by atoms with E-state index in [4.69, 9.17) is 9.97 Å². The van der Waals surface area contributed by atoms with Gasteiger partial charge in [-0.25, -0.2) is 14.4 Å². The molecule has 2 aromatic carbocycles. The summed E-state index contributed by atoms with van der Waals surface area (Å²) in [5.41, 5.74) is 9.28. The third-order valence-electron chi connectivity index (χ3n) is 13.4. The second kappa shape index (κ2) is 13.8. The van der Waals surface area contributed by atoms with Crippen molar-refractivity contribution in [3.05, 3.63) is 87.5 Å². The highest BCUT2D eigenvalue weighted by atomic mass is 19.1. The summed E-state index contributed by atoms with van der Waals surface area (Å²) in [5.74, 6) is -0.0347. The minimum absolute atomic E-state index is 0.0913. The van der Waals surface area contributed by atoms with Crippen molar-refractivity contribution in [2.75, 3.05) is 25.0 Å². The van der Waals surface area contributed by atoms with Crippen LogP contribution in [0.25, 0.3) is 23.0 Å². The summed E-state index contributed by atoms with van der Waals surface area (Å²) in [6.45, 7) is 12.6. The van der Waals surface area contributed by atoms with Gasteiger partial charge < -0.3 is 24.7 Å². The first kappa shape index (κ1) is 36.6. The van der Waals surface area contributed by atoms with Crippen LogP contribution < -0.4 is 5.32 Å². The Kier molecular flexibility index (Phi) is 9.34. The van der Waals surface area contributed by atoms with Crippen molar-refractivity contribution in [3.8, 4) is 11.1 Å². The lowest BCUT2D eigenvalue weighted by atomic mass is 9.81. The van der Waals surface area contributed by atoms with E-state index in [1.54, 1.807) is 6.08 Å². The molecule has 2 fully saturated rings. The van der Waals surface area contributed by atoms with Crippen LogP contribution in [0.15, 0.2) is 36.4 Å². The summed E-state index contributed by atoms with van der Waals surface area (Å²) >= 11 is 0. The van der Waals surface area contributed by atoms with E-state index in [1.165, 1.54) is 0 Å². The minimum Gasteiger partial charge on any atom is -0.481 e. The Morgan fingerprint density at radius 2 is 1.59 bits per heavy atom. The van der Waals surface area contributed by atoms with E-state index in [9.17, 15) is 15.0 Å². The Balaban J connectivity index is 0.986. The van der Waals surface area contributed by atoms with Gasteiger partial charge in [0.1, 0.15) is 0 Å². The molecule has 0 amide bonds. The molecule has 2 bridgehead atoms. The van der Waals surface area contributed by atoms with Gasteiger partial charge in [0.15, 0.2) is 23.7 Å². The van der Waals surface area contributed by atoms with E-state index < -0.39 is 17.6 Å². The fourth-order valence-corrected chi connectivity index (χ4v) is 10.1. The maximum atomic E-state index is 16.0. The van der Waals surface area contributed by atoms with Gasteiger partial charge in [0.2, 0.25) is 0 Å². The van der Waals surface area contributed by atoms with Crippen molar-refractivity contribution in [2.24, 2.45) is 24.9 Å². The number of carboxylic acids is 1. The molecule has 54 heavy (non-hydrogen) atoms. The van der Waals surface area contributed by atoms with E-state index in [0.717, 1.165) is 127 Å². The Bertz CT molecular complexity index is 2140. The predicted molar refractivity (Wildman–Crippen MR) is 209 cm³/mol. The monoisotopic (exact) mass is 735 g/mol. The molecule has 10 nitrogen and oxygen atoms in total. The molecule has 2 aliphatic heterocycles. The zero-order valence-electron chi connectivity index (χ0n) is 32.5. The van der Waals surface area contributed by atoms with Gasteiger partial charge in [0.25, 0.3) is 0 Å². The van der Waals surface area contributed by atoms with Crippen molar-refractivity contribution >= 4 is 23.6 Å². The standard InChI is InChI=1S/C43H54FN7O3/c1-26(2)51-20-14-37-35(23-51)45-38(48(37)5)32(44)21-29-9-7-10-30(27(29)3)31-11-8-12-33(28(31)4)47-40(52)39-46-34-22-50(19-13-36(34)49(39)6)25-42-15-17-43(24-42,18-16-42)41(53)54/h7-12,21,26,40,47,52H,13-20,22-25H2,1-6H3,(H,53,54)/b32-21-. The van der Waals surface area contributed by atoms with Crippen LogP contribution in [-0.4, -0.2) is 70.8 Å². The van der Waals surface area contributed by atoms with Crippen molar-refractivity contribution in [3.63, 3.8) is 0 Å². The molecule has 1 unspecified atom stereocenters. The normalized spacial score (nSPS) is 23.5. The fourth-order valence-electron chi connectivity index (χ4n) is 10.1. The van der Waals surface area contributed by atoms with E-state index in [1.807, 2.05) is 61.3 Å². The Labute approximate surface area is 317 Å². The molecule has 2 aromatic heterocycles. The molecular formula is C43H54FN7O3.